The van der Waals surface area contributed by atoms with Crippen LogP contribution in [0.4, 0.5) is 8.78 Å². The van der Waals surface area contributed by atoms with Crippen molar-refractivity contribution in [2.24, 2.45) is 0 Å². The third-order valence-electron chi connectivity index (χ3n) is 6.66. The van der Waals surface area contributed by atoms with Crippen molar-refractivity contribution in [3.8, 4) is 0 Å². The molecule has 2 atom stereocenters. The van der Waals surface area contributed by atoms with E-state index in [1.54, 1.807) is 24.0 Å². The number of halogens is 2. The Morgan fingerprint density at radius 3 is 2.19 bits per heavy atom. The summed E-state index contributed by atoms with van der Waals surface area (Å²) in [5.74, 6) is -2.59. The van der Waals surface area contributed by atoms with Gasteiger partial charge in [0.15, 0.2) is 0 Å². The number of ether oxygens (including phenoxy) is 1. The van der Waals surface area contributed by atoms with Gasteiger partial charge in [0, 0.05) is 43.4 Å². The van der Waals surface area contributed by atoms with Crippen LogP contribution in [0.15, 0.2) is 36.4 Å². The second-order valence-electron chi connectivity index (χ2n) is 10.6. The van der Waals surface area contributed by atoms with E-state index in [9.17, 15) is 28.3 Å². The Hall–Kier alpha value is -3.37. The van der Waals surface area contributed by atoms with Gasteiger partial charge in [0.1, 0.15) is 18.2 Å². The fourth-order valence-electron chi connectivity index (χ4n) is 4.62. The van der Waals surface area contributed by atoms with Crippen molar-refractivity contribution in [2.45, 2.75) is 78.4 Å². The summed E-state index contributed by atoms with van der Waals surface area (Å²) in [5.41, 5.74) is 1.58. The maximum atomic E-state index is 13.9. The molecular formula is C32H45F2N3O5. The molecule has 42 heavy (non-hydrogen) atoms. The third kappa shape index (κ3) is 11.9. The molecule has 3 N–H and O–H groups in total. The van der Waals surface area contributed by atoms with Gasteiger partial charge in [0.25, 0.3) is 11.8 Å². The summed E-state index contributed by atoms with van der Waals surface area (Å²) in [6.45, 7) is 9.48. The molecule has 0 aliphatic heterocycles. The van der Waals surface area contributed by atoms with Crippen LogP contribution in [0.1, 0.15) is 84.7 Å². The molecule has 0 fully saturated rings. The largest absolute Gasteiger partial charge is 0.391 e. The molecule has 232 valence electrons. The predicted octanol–water partition coefficient (Wildman–Crippen LogP) is 4.56. The van der Waals surface area contributed by atoms with E-state index in [4.69, 9.17) is 4.74 Å². The van der Waals surface area contributed by atoms with Crippen molar-refractivity contribution in [1.29, 1.82) is 0 Å². The zero-order chi connectivity index (χ0) is 31.1. The molecule has 0 saturated carbocycles. The van der Waals surface area contributed by atoms with E-state index in [1.165, 1.54) is 6.07 Å². The highest BCUT2D eigenvalue weighted by Gasteiger charge is 2.24. The van der Waals surface area contributed by atoms with Crippen molar-refractivity contribution in [3.05, 3.63) is 70.3 Å². The van der Waals surface area contributed by atoms with Crippen molar-refractivity contribution in [2.75, 3.05) is 32.8 Å². The number of carbonyl (C=O) groups is 3. The minimum atomic E-state index is -1.16. The van der Waals surface area contributed by atoms with Crippen LogP contribution in [-0.2, 0) is 16.0 Å². The fourth-order valence-corrected chi connectivity index (χ4v) is 4.62. The van der Waals surface area contributed by atoms with E-state index < -0.39 is 29.7 Å². The predicted molar refractivity (Wildman–Crippen MR) is 158 cm³/mol. The highest BCUT2D eigenvalue weighted by molar-refractivity contribution is 6.00. The molecule has 2 rings (SSSR count). The SMILES string of the molecule is CCCCOCC(=O)NCC[C@@H](O)[C@H](Cc1cc(F)cc(F)c1)NC(=O)c1cc(C)cc(C(=O)N(CCC)CCC)c1. The van der Waals surface area contributed by atoms with Gasteiger partial charge in [-0.3, -0.25) is 14.4 Å². The lowest BCUT2D eigenvalue weighted by Crippen LogP contribution is -2.46. The van der Waals surface area contributed by atoms with Crippen LogP contribution < -0.4 is 10.6 Å². The molecule has 0 unspecified atom stereocenters. The average molecular weight is 590 g/mol. The first-order valence-electron chi connectivity index (χ1n) is 14.8. The van der Waals surface area contributed by atoms with Gasteiger partial charge in [0.05, 0.1) is 12.1 Å². The number of rotatable bonds is 18. The van der Waals surface area contributed by atoms with Crippen LogP contribution in [0.25, 0.3) is 0 Å². The molecule has 0 bridgehead atoms. The number of nitrogens with zero attached hydrogens (tertiary/aromatic N) is 1. The fraction of sp³-hybridized carbons (Fsp3) is 0.531. The molecular weight excluding hydrogens is 544 g/mol. The first-order valence-corrected chi connectivity index (χ1v) is 14.8. The Morgan fingerprint density at radius 1 is 0.929 bits per heavy atom. The number of aliphatic hydroxyl groups is 1. The molecule has 2 aromatic carbocycles. The Balaban J connectivity index is 2.20. The molecule has 0 aliphatic carbocycles. The number of hydrogen-bond donors (Lipinski definition) is 3. The van der Waals surface area contributed by atoms with Crippen LogP contribution in [0.5, 0.6) is 0 Å². The molecule has 0 aromatic heterocycles. The van der Waals surface area contributed by atoms with E-state index in [0.717, 1.165) is 43.9 Å². The minimum absolute atomic E-state index is 0.0615. The van der Waals surface area contributed by atoms with Crippen molar-refractivity contribution < 1.29 is 33.0 Å². The molecule has 0 aliphatic rings. The number of aliphatic hydroxyl groups excluding tert-OH is 1. The van der Waals surface area contributed by atoms with E-state index in [0.29, 0.717) is 30.8 Å². The second-order valence-corrected chi connectivity index (χ2v) is 10.6. The van der Waals surface area contributed by atoms with Crippen LogP contribution in [0, 0.1) is 18.6 Å². The molecule has 0 radical (unpaired) electrons. The Kier molecular flexibility index (Phi) is 15.1. The first kappa shape index (κ1) is 34.8. The number of unbranched alkanes of at least 4 members (excludes halogenated alkanes) is 1. The summed E-state index contributed by atoms with van der Waals surface area (Å²) in [4.78, 5) is 40.4. The van der Waals surface area contributed by atoms with Crippen LogP contribution >= 0.6 is 0 Å². The molecule has 0 saturated heterocycles. The Labute approximate surface area is 247 Å². The number of carbonyl (C=O) groups excluding carboxylic acids is 3. The molecule has 3 amide bonds. The average Bonchev–Trinajstić information content (AvgIpc) is 2.93. The van der Waals surface area contributed by atoms with Gasteiger partial charge >= 0.3 is 0 Å². The smallest absolute Gasteiger partial charge is 0.253 e. The zero-order valence-electron chi connectivity index (χ0n) is 25.2. The summed E-state index contributed by atoms with van der Waals surface area (Å²) >= 11 is 0. The van der Waals surface area contributed by atoms with Crippen LogP contribution in [0.2, 0.25) is 0 Å². The van der Waals surface area contributed by atoms with Crippen LogP contribution in [-0.4, -0.2) is 72.7 Å². The lowest BCUT2D eigenvalue weighted by molar-refractivity contribution is -0.125. The van der Waals surface area contributed by atoms with Crippen molar-refractivity contribution in [1.82, 2.24) is 15.5 Å². The summed E-state index contributed by atoms with van der Waals surface area (Å²) in [7, 11) is 0. The van der Waals surface area contributed by atoms with Gasteiger partial charge in [-0.15, -0.1) is 0 Å². The first-order chi connectivity index (χ1) is 20.1. The maximum absolute atomic E-state index is 13.9. The lowest BCUT2D eigenvalue weighted by atomic mass is 9.97. The van der Waals surface area contributed by atoms with E-state index >= 15 is 0 Å². The Bertz CT molecular complexity index is 1150. The van der Waals surface area contributed by atoms with Gasteiger partial charge in [0.2, 0.25) is 5.91 Å². The highest BCUT2D eigenvalue weighted by Crippen LogP contribution is 2.16. The standard InChI is InChI=1S/C32H45F2N3O5/c1-5-8-13-42-21-30(39)35-10-9-29(38)28(18-23-16-26(33)20-27(34)17-23)36-31(40)24-14-22(4)15-25(19-24)32(41)37(11-6-2)12-7-3/h14-17,19-20,28-29,38H,5-13,18,21H2,1-4H3,(H,35,39)(H,36,40)/t28-,29+/m0/s1. The van der Waals surface area contributed by atoms with E-state index in [-0.39, 0.29) is 48.9 Å². The normalized spacial score (nSPS) is 12.5. The topological polar surface area (TPSA) is 108 Å². The number of benzene rings is 2. The molecule has 0 spiro atoms. The highest BCUT2D eigenvalue weighted by atomic mass is 19.1. The van der Waals surface area contributed by atoms with Crippen LogP contribution in [0.3, 0.4) is 0 Å². The minimum Gasteiger partial charge on any atom is -0.391 e. The molecule has 8 nitrogen and oxygen atoms in total. The summed E-state index contributed by atoms with van der Waals surface area (Å²) < 4.78 is 33.1. The number of aryl methyl sites for hydroxylation is 1. The number of hydrogen-bond acceptors (Lipinski definition) is 5. The summed E-state index contributed by atoms with van der Waals surface area (Å²) in [5, 5.41) is 16.5. The van der Waals surface area contributed by atoms with Gasteiger partial charge in [-0.25, -0.2) is 8.78 Å². The van der Waals surface area contributed by atoms with Gasteiger partial charge in [-0.2, -0.15) is 0 Å². The molecule has 2 aromatic rings. The third-order valence-corrected chi connectivity index (χ3v) is 6.66. The summed E-state index contributed by atoms with van der Waals surface area (Å²) in [6.07, 6.45) is 2.26. The number of amides is 3. The van der Waals surface area contributed by atoms with E-state index in [1.807, 2.05) is 20.8 Å². The quantitative estimate of drug-likeness (QED) is 0.221. The van der Waals surface area contributed by atoms with Gasteiger partial charge < -0.3 is 25.4 Å². The lowest BCUT2D eigenvalue weighted by Gasteiger charge is -2.25. The maximum Gasteiger partial charge on any atom is 0.253 e. The van der Waals surface area contributed by atoms with Crippen molar-refractivity contribution >= 4 is 17.7 Å². The van der Waals surface area contributed by atoms with Gasteiger partial charge in [-0.1, -0.05) is 27.2 Å². The Morgan fingerprint density at radius 2 is 1.57 bits per heavy atom. The monoisotopic (exact) mass is 589 g/mol. The van der Waals surface area contributed by atoms with Gasteiger partial charge in [-0.05, 0) is 80.5 Å². The molecule has 10 heteroatoms. The summed E-state index contributed by atoms with van der Waals surface area (Å²) in [6, 6.07) is 6.99. The van der Waals surface area contributed by atoms with E-state index in [2.05, 4.69) is 10.6 Å². The number of nitrogens with one attached hydrogen (secondary N) is 2. The zero-order valence-corrected chi connectivity index (χ0v) is 25.2. The second kappa shape index (κ2) is 18.2. The van der Waals surface area contributed by atoms with Crippen molar-refractivity contribution in [3.63, 3.8) is 0 Å². The molecule has 0 heterocycles.